The van der Waals surface area contributed by atoms with E-state index in [1.165, 1.54) is 12.1 Å². The van der Waals surface area contributed by atoms with E-state index < -0.39 is 15.8 Å². The lowest BCUT2D eigenvalue weighted by Gasteiger charge is -2.09. The van der Waals surface area contributed by atoms with Gasteiger partial charge in [-0.25, -0.2) is 17.5 Å². The maximum absolute atomic E-state index is 13.9. The van der Waals surface area contributed by atoms with Crippen LogP contribution in [-0.4, -0.2) is 21.5 Å². The standard InChI is InChI=1S/C15H21FN2O2S/c1-12(2)5-4-10-18-21(19,20)15-8-7-13(6-3-9-17)11-14(15)16/h7-8,11-12,18H,4-5,9-10,17H2,1-2H3. The van der Waals surface area contributed by atoms with Crippen molar-refractivity contribution < 1.29 is 12.8 Å². The minimum Gasteiger partial charge on any atom is -0.320 e. The second-order valence-electron chi connectivity index (χ2n) is 5.08. The summed E-state index contributed by atoms with van der Waals surface area (Å²) in [5.41, 5.74) is 5.63. The van der Waals surface area contributed by atoms with E-state index in [0.29, 0.717) is 18.0 Å². The van der Waals surface area contributed by atoms with Crippen molar-refractivity contribution in [2.24, 2.45) is 11.7 Å². The molecule has 0 heterocycles. The molecule has 0 saturated carbocycles. The topological polar surface area (TPSA) is 72.2 Å². The van der Waals surface area contributed by atoms with Gasteiger partial charge in [-0.15, -0.1) is 0 Å². The summed E-state index contributed by atoms with van der Waals surface area (Å²) in [6.07, 6.45) is 1.64. The first-order chi connectivity index (χ1) is 9.86. The normalized spacial score (nSPS) is 11.3. The fourth-order valence-corrected chi connectivity index (χ4v) is 2.88. The van der Waals surface area contributed by atoms with Crippen molar-refractivity contribution in [2.75, 3.05) is 13.1 Å². The van der Waals surface area contributed by atoms with Crippen LogP contribution in [0.25, 0.3) is 0 Å². The maximum Gasteiger partial charge on any atom is 0.243 e. The highest BCUT2D eigenvalue weighted by Gasteiger charge is 2.18. The van der Waals surface area contributed by atoms with Gasteiger partial charge in [0.1, 0.15) is 10.7 Å². The molecule has 0 aliphatic carbocycles. The van der Waals surface area contributed by atoms with Crippen molar-refractivity contribution >= 4 is 10.0 Å². The van der Waals surface area contributed by atoms with Crippen LogP contribution in [0, 0.1) is 23.6 Å². The van der Waals surface area contributed by atoms with Crippen LogP contribution >= 0.6 is 0 Å². The lowest BCUT2D eigenvalue weighted by atomic mass is 10.1. The second-order valence-corrected chi connectivity index (χ2v) is 6.82. The van der Waals surface area contributed by atoms with E-state index in [-0.39, 0.29) is 11.4 Å². The summed E-state index contributed by atoms with van der Waals surface area (Å²) >= 11 is 0. The molecule has 1 aromatic carbocycles. The average Bonchev–Trinajstić information content (AvgIpc) is 2.41. The van der Waals surface area contributed by atoms with Crippen molar-refractivity contribution in [1.29, 1.82) is 0 Å². The zero-order chi connectivity index (χ0) is 15.9. The van der Waals surface area contributed by atoms with Gasteiger partial charge >= 0.3 is 0 Å². The number of hydrogen-bond donors (Lipinski definition) is 2. The van der Waals surface area contributed by atoms with Crippen molar-refractivity contribution in [3.05, 3.63) is 29.6 Å². The molecule has 3 N–H and O–H groups in total. The molecule has 0 aliphatic rings. The van der Waals surface area contributed by atoms with Crippen LogP contribution in [0.3, 0.4) is 0 Å². The molecule has 0 atom stereocenters. The van der Waals surface area contributed by atoms with Crippen LogP contribution in [-0.2, 0) is 10.0 Å². The molecule has 6 heteroatoms. The highest BCUT2D eigenvalue weighted by atomic mass is 32.2. The molecule has 0 aliphatic heterocycles. The Bertz CT molecular complexity index is 631. The summed E-state index contributed by atoms with van der Waals surface area (Å²) in [5.74, 6) is 4.94. The lowest BCUT2D eigenvalue weighted by molar-refractivity contribution is 0.533. The fourth-order valence-electron chi connectivity index (χ4n) is 1.74. The fraction of sp³-hybridized carbons (Fsp3) is 0.467. The van der Waals surface area contributed by atoms with E-state index in [2.05, 4.69) is 30.4 Å². The van der Waals surface area contributed by atoms with Crippen molar-refractivity contribution in [3.63, 3.8) is 0 Å². The molecule has 4 nitrogen and oxygen atoms in total. The third-order valence-electron chi connectivity index (χ3n) is 2.81. The molecule has 1 rings (SSSR count). The van der Waals surface area contributed by atoms with Gasteiger partial charge in [-0.1, -0.05) is 25.7 Å². The molecule has 0 amide bonds. The van der Waals surface area contributed by atoms with Crippen LogP contribution in [0.2, 0.25) is 0 Å². The van der Waals surface area contributed by atoms with E-state index >= 15 is 0 Å². The average molecular weight is 312 g/mol. The van der Waals surface area contributed by atoms with Gasteiger partial charge in [-0.3, -0.25) is 0 Å². The van der Waals surface area contributed by atoms with Crippen molar-refractivity contribution in [1.82, 2.24) is 4.72 Å². The summed E-state index contributed by atoms with van der Waals surface area (Å²) < 4.78 is 40.3. The van der Waals surface area contributed by atoms with E-state index in [1.807, 2.05) is 0 Å². The summed E-state index contributed by atoms with van der Waals surface area (Å²) in [6, 6.07) is 3.79. The summed E-state index contributed by atoms with van der Waals surface area (Å²) in [7, 11) is -3.82. The number of hydrogen-bond acceptors (Lipinski definition) is 3. The predicted molar refractivity (Wildman–Crippen MR) is 81.6 cm³/mol. The Balaban J connectivity index is 2.79. The van der Waals surface area contributed by atoms with E-state index in [1.54, 1.807) is 0 Å². The summed E-state index contributed by atoms with van der Waals surface area (Å²) in [5, 5.41) is 0. The monoisotopic (exact) mass is 312 g/mol. The van der Waals surface area contributed by atoms with Gasteiger partial charge in [0.05, 0.1) is 6.54 Å². The molecular weight excluding hydrogens is 291 g/mol. The van der Waals surface area contributed by atoms with E-state index in [0.717, 1.165) is 18.9 Å². The molecular formula is C15H21FN2O2S. The Morgan fingerprint density at radius 2 is 2.10 bits per heavy atom. The molecule has 0 bridgehead atoms. The predicted octanol–water partition coefficient (Wildman–Crippen LogP) is 1.85. The van der Waals surface area contributed by atoms with Gasteiger partial charge in [0.15, 0.2) is 0 Å². The highest BCUT2D eigenvalue weighted by molar-refractivity contribution is 7.89. The third-order valence-corrected chi connectivity index (χ3v) is 4.30. The number of nitrogens with two attached hydrogens (primary N) is 1. The van der Waals surface area contributed by atoms with Gasteiger partial charge in [-0.2, -0.15) is 0 Å². The molecule has 1 aromatic rings. The summed E-state index contributed by atoms with van der Waals surface area (Å²) in [4.78, 5) is -0.356. The van der Waals surface area contributed by atoms with E-state index in [4.69, 9.17) is 5.73 Å². The zero-order valence-electron chi connectivity index (χ0n) is 12.3. The number of nitrogens with one attached hydrogen (secondary N) is 1. The zero-order valence-corrected chi connectivity index (χ0v) is 13.1. The second kappa shape index (κ2) is 8.13. The van der Waals surface area contributed by atoms with Gasteiger partial charge < -0.3 is 5.73 Å². The Hall–Kier alpha value is -1.42. The molecule has 0 fully saturated rings. The first-order valence-corrected chi connectivity index (χ1v) is 8.33. The minimum atomic E-state index is -3.82. The molecule has 0 spiro atoms. The summed E-state index contributed by atoms with van der Waals surface area (Å²) in [6.45, 7) is 4.60. The maximum atomic E-state index is 13.9. The van der Waals surface area contributed by atoms with Gasteiger partial charge in [-0.05, 0) is 37.0 Å². The molecule has 0 aromatic heterocycles. The Labute approximate surface area is 126 Å². The first kappa shape index (κ1) is 17.6. The van der Waals surface area contributed by atoms with Crippen molar-refractivity contribution in [2.45, 2.75) is 31.6 Å². The van der Waals surface area contributed by atoms with Crippen LogP contribution in [0.15, 0.2) is 23.1 Å². The first-order valence-electron chi connectivity index (χ1n) is 6.85. The minimum absolute atomic E-state index is 0.166. The van der Waals surface area contributed by atoms with Crippen LogP contribution < -0.4 is 10.5 Å². The van der Waals surface area contributed by atoms with Crippen LogP contribution in [0.4, 0.5) is 4.39 Å². The Kier molecular flexibility index (Phi) is 6.82. The number of benzene rings is 1. The SMILES string of the molecule is CC(C)CCCNS(=O)(=O)c1ccc(C#CCN)cc1F. The number of sulfonamides is 1. The largest absolute Gasteiger partial charge is 0.320 e. The molecule has 116 valence electrons. The smallest absolute Gasteiger partial charge is 0.243 e. The van der Waals surface area contributed by atoms with Crippen LogP contribution in [0.5, 0.6) is 0 Å². The quantitative estimate of drug-likeness (QED) is 0.622. The lowest BCUT2D eigenvalue weighted by Crippen LogP contribution is -2.26. The molecule has 0 radical (unpaired) electrons. The van der Waals surface area contributed by atoms with E-state index in [9.17, 15) is 12.8 Å². The molecule has 0 unspecified atom stereocenters. The van der Waals surface area contributed by atoms with Gasteiger partial charge in [0.2, 0.25) is 10.0 Å². The molecule has 21 heavy (non-hydrogen) atoms. The van der Waals surface area contributed by atoms with Gasteiger partial charge in [0.25, 0.3) is 0 Å². The van der Waals surface area contributed by atoms with Crippen molar-refractivity contribution in [3.8, 4) is 11.8 Å². The highest BCUT2D eigenvalue weighted by Crippen LogP contribution is 2.15. The van der Waals surface area contributed by atoms with Crippen LogP contribution in [0.1, 0.15) is 32.3 Å². The Morgan fingerprint density at radius 1 is 1.38 bits per heavy atom. The number of rotatable bonds is 6. The van der Waals surface area contributed by atoms with Gasteiger partial charge in [0, 0.05) is 12.1 Å². The Morgan fingerprint density at radius 3 is 2.67 bits per heavy atom. The third kappa shape index (κ3) is 5.84. The number of halogens is 1. The molecule has 0 saturated heterocycles.